The first-order valence-electron chi connectivity index (χ1n) is 12.0. The zero-order valence-corrected chi connectivity index (χ0v) is 22.0. The van der Waals surface area contributed by atoms with Crippen molar-refractivity contribution in [2.45, 2.75) is 57.5 Å². The Bertz CT molecular complexity index is 1370. The SMILES string of the molecule is CC1CN(c2ncccc2C(=O)NS(=O)(=O)c2cccc(Oc3cccc(C(C)C)c3)n2)C(C)(C)C1. The Morgan fingerprint density at radius 1 is 1.14 bits per heavy atom. The smallest absolute Gasteiger partial charge is 0.281 e. The van der Waals surface area contributed by atoms with E-state index in [1.807, 2.05) is 18.2 Å². The number of nitrogens with zero attached hydrogens (tertiary/aromatic N) is 3. The second-order valence-corrected chi connectivity index (χ2v) is 11.8. The van der Waals surface area contributed by atoms with Crippen molar-refractivity contribution in [2.24, 2.45) is 5.92 Å². The van der Waals surface area contributed by atoms with Gasteiger partial charge in [0, 0.05) is 24.3 Å². The minimum absolute atomic E-state index is 0.112. The molecule has 1 aromatic carbocycles. The maximum absolute atomic E-state index is 13.2. The molecule has 1 saturated heterocycles. The number of anilines is 1. The molecule has 3 heterocycles. The minimum Gasteiger partial charge on any atom is -0.439 e. The van der Waals surface area contributed by atoms with Crippen molar-refractivity contribution in [3.05, 3.63) is 71.9 Å². The average molecular weight is 509 g/mol. The van der Waals surface area contributed by atoms with Gasteiger partial charge in [-0.25, -0.2) is 9.71 Å². The molecule has 1 unspecified atom stereocenters. The first kappa shape index (κ1) is 25.6. The lowest BCUT2D eigenvalue weighted by Crippen LogP contribution is -2.41. The topological polar surface area (TPSA) is 101 Å². The van der Waals surface area contributed by atoms with Gasteiger partial charge in [0.2, 0.25) is 5.88 Å². The van der Waals surface area contributed by atoms with Crippen LogP contribution in [0.15, 0.2) is 65.8 Å². The lowest BCUT2D eigenvalue weighted by Gasteiger charge is -2.33. The summed E-state index contributed by atoms with van der Waals surface area (Å²) < 4.78 is 34.1. The molecule has 2 aromatic heterocycles. The number of aromatic nitrogens is 2. The molecule has 1 aliphatic rings. The van der Waals surface area contributed by atoms with Crippen LogP contribution in [-0.4, -0.2) is 36.4 Å². The Hall–Kier alpha value is -3.46. The van der Waals surface area contributed by atoms with E-state index in [4.69, 9.17) is 4.74 Å². The van der Waals surface area contributed by atoms with E-state index in [2.05, 4.69) is 54.2 Å². The van der Waals surface area contributed by atoms with Crippen LogP contribution in [0.25, 0.3) is 0 Å². The summed E-state index contributed by atoms with van der Waals surface area (Å²) in [4.78, 5) is 23.8. The molecule has 1 atom stereocenters. The molecule has 0 spiro atoms. The fourth-order valence-corrected chi connectivity index (χ4v) is 5.56. The molecule has 0 saturated carbocycles. The molecule has 1 fully saturated rings. The fourth-order valence-electron chi connectivity index (χ4n) is 4.64. The largest absolute Gasteiger partial charge is 0.439 e. The number of rotatable bonds is 7. The van der Waals surface area contributed by atoms with Crippen molar-refractivity contribution in [1.82, 2.24) is 14.7 Å². The Morgan fingerprint density at radius 2 is 1.89 bits per heavy atom. The predicted molar refractivity (Wildman–Crippen MR) is 139 cm³/mol. The lowest BCUT2D eigenvalue weighted by molar-refractivity contribution is 0.0981. The number of carbonyl (C=O) groups excluding carboxylic acids is 1. The van der Waals surface area contributed by atoms with Crippen LogP contribution >= 0.6 is 0 Å². The van der Waals surface area contributed by atoms with E-state index in [0.29, 0.717) is 23.4 Å². The van der Waals surface area contributed by atoms with Gasteiger partial charge in [-0.05, 0) is 68.0 Å². The van der Waals surface area contributed by atoms with Crippen molar-refractivity contribution in [3.63, 3.8) is 0 Å². The molecule has 36 heavy (non-hydrogen) atoms. The quantitative estimate of drug-likeness (QED) is 0.472. The Morgan fingerprint density at radius 3 is 2.58 bits per heavy atom. The van der Waals surface area contributed by atoms with E-state index in [1.165, 1.54) is 12.1 Å². The van der Waals surface area contributed by atoms with Gasteiger partial charge < -0.3 is 9.64 Å². The zero-order valence-electron chi connectivity index (χ0n) is 21.2. The maximum atomic E-state index is 13.2. The van der Waals surface area contributed by atoms with E-state index in [1.54, 1.807) is 30.5 Å². The first-order chi connectivity index (χ1) is 17.0. The number of hydrogen-bond acceptors (Lipinski definition) is 7. The van der Waals surface area contributed by atoms with Gasteiger partial charge in [-0.15, -0.1) is 0 Å². The second kappa shape index (κ2) is 9.89. The first-order valence-corrected chi connectivity index (χ1v) is 13.5. The molecule has 190 valence electrons. The molecule has 0 aliphatic carbocycles. The molecule has 0 bridgehead atoms. The van der Waals surface area contributed by atoms with E-state index < -0.39 is 15.9 Å². The van der Waals surface area contributed by atoms with Gasteiger partial charge in [-0.3, -0.25) is 4.79 Å². The molecule has 4 rings (SSSR count). The number of benzene rings is 1. The maximum Gasteiger partial charge on any atom is 0.281 e. The summed E-state index contributed by atoms with van der Waals surface area (Å²) in [6.45, 7) is 11.2. The Kier molecular flexibility index (Phi) is 7.04. The third kappa shape index (κ3) is 5.51. The van der Waals surface area contributed by atoms with Crippen molar-refractivity contribution in [3.8, 4) is 11.6 Å². The van der Waals surface area contributed by atoms with Gasteiger partial charge in [0.25, 0.3) is 15.9 Å². The van der Waals surface area contributed by atoms with Crippen LogP contribution in [0, 0.1) is 5.92 Å². The molecule has 3 aromatic rings. The number of amides is 1. The highest BCUT2D eigenvalue weighted by atomic mass is 32.2. The molecule has 1 aliphatic heterocycles. The average Bonchev–Trinajstić information content (AvgIpc) is 3.10. The van der Waals surface area contributed by atoms with Crippen LogP contribution in [0.1, 0.15) is 62.9 Å². The summed E-state index contributed by atoms with van der Waals surface area (Å²) in [6.07, 6.45) is 2.55. The van der Waals surface area contributed by atoms with Crippen molar-refractivity contribution in [1.29, 1.82) is 0 Å². The third-order valence-electron chi connectivity index (χ3n) is 6.31. The zero-order chi connectivity index (χ0) is 26.1. The van der Waals surface area contributed by atoms with Crippen LogP contribution < -0.4 is 14.4 Å². The third-order valence-corrected chi connectivity index (χ3v) is 7.54. The summed E-state index contributed by atoms with van der Waals surface area (Å²) >= 11 is 0. The number of sulfonamides is 1. The summed E-state index contributed by atoms with van der Waals surface area (Å²) in [5.74, 6) is 1.11. The lowest BCUT2D eigenvalue weighted by atomic mass is 9.97. The van der Waals surface area contributed by atoms with Gasteiger partial charge in [-0.2, -0.15) is 13.4 Å². The van der Waals surface area contributed by atoms with Crippen LogP contribution in [0.3, 0.4) is 0 Å². The summed E-state index contributed by atoms with van der Waals surface area (Å²) in [6, 6.07) is 15.2. The van der Waals surface area contributed by atoms with E-state index in [9.17, 15) is 13.2 Å². The predicted octanol–water partition coefficient (Wildman–Crippen LogP) is 5.14. The normalized spacial score (nSPS) is 17.3. The van der Waals surface area contributed by atoms with Gasteiger partial charge in [0.05, 0.1) is 5.56 Å². The molecule has 1 amide bonds. The van der Waals surface area contributed by atoms with Crippen LogP contribution in [0.4, 0.5) is 5.82 Å². The van der Waals surface area contributed by atoms with Crippen LogP contribution in [-0.2, 0) is 10.0 Å². The number of hydrogen-bond donors (Lipinski definition) is 1. The van der Waals surface area contributed by atoms with Gasteiger partial charge in [0.15, 0.2) is 5.03 Å². The molecule has 1 N–H and O–H groups in total. The number of ether oxygens (including phenoxy) is 1. The standard InChI is InChI=1S/C27H32N4O4S/c1-18(2)20-9-6-10-21(15-20)35-23-12-7-13-24(29-23)36(33,34)30-26(32)22-11-8-14-28-25(22)31-17-19(3)16-27(31,4)5/h6-15,18-19H,16-17H2,1-5H3,(H,30,32). The number of nitrogens with one attached hydrogen (secondary N) is 1. The molecular formula is C27H32N4O4S. The Labute approximate surface area is 212 Å². The van der Waals surface area contributed by atoms with E-state index >= 15 is 0 Å². The fraction of sp³-hybridized carbons (Fsp3) is 0.370. The van der Waals surface area contributed by atoms with Gasteiger partial charge in [-0.1, -0.05) is 39.0 Å². The monoisotopic (exact) mass is 508 g/mol. The summed E-state index contributed by atoms with van der Waals surface area (Å²) in [5, 5.41) is -0.311. The molecule has 0 radical (unpaired) electrons. The number of carbonyl (C=O) groups is 1. The van der Waals surface area contributed by atoms with E-state index in [-0.39, 0.29) is 22.0 Å². The molecular weight excluding hydrogens is 476 g/mol. The van der Waals surface area contributed by atoms with Crippen molar-refractivity contribution in [2.75, 3.05) is 11.4 Å². The van der Waals surface area contributed by atoms with Gasteiger partial charge in [0.1, 0.15) is 11.6 Å². The Balaban J connectivity index is 1.56. The second-order valence-electron chi connectivity index (χ2n) is 10.2. The van der Waals surface area contributed by atoms with Crippen molar-refractivity contribution < 1.29 is 17.9 Å². The minimum atomic E-state index is -4.26. The number of pyridine rings is 2. The highest BCUT2D eigenvalue weighted by Gasteiger charge is 2.39. The van der Waals surface area contributed by atoms with Crippen molar-refractivity contribution >= 4 is 21.7 Å². The highest BCUT2D eigenvalue weighted by molar-refractivity contribution is 7.90. The summed E-state index contributed by atoms with van der Waals surface area (Å²) in [7, 11) is -4.26. The van der Waals surface area contributed by atoms with Crippen LogP contribution in [0.2, 0.25) is 0 Å². The van der Waals surface area contributed by atoms with E-state index in [0.717, 1.165) is 18.5 Å². The highest BCUT2D eigenvalue weighted by Crippen LogP contribution is 2.37. The van der Waals surface area contributed by atoms with Gasteiger partial charge >= 0.3 is 0 Å². The molecule has 9 heteroatoms. The summed E-state index contributed by atoms with van der Waals surface area (Å²) in [5.41, 5.74) is 1.08. The molecule has 8 nitrogen and oxygen atoms in total. The van der Waals surface area contributed by atoms with Crippen LogP contribution in [0.5, 0.6) is 11.6 Å².